The van der Waals surface area contributed by atoms with Gasteiger partial charge in [0.1, 0.15) is 5.58 Å². The predicted molar refractivity (Wildman–Crippen MR) is 207 cm³/mol. The second-order valence-corrected chi connectivity index (χ2v) is 12.9. The zero-order valence-electron chi connectivity index (χ0n) is 26.8. The number of rotatable bonds is 3. The number of nitrogens with zero attached hydrogens (tertiary/aromatic N) is 3. The maximum Gasteiger partial charge on any atom is 0.160 e. The third-order valence-electron chi connectivity index (χ3n) is 10.1. The second-order valence-electron chi connectivity index (χ2n) is 12.9. The number of hydrogen-bond donors (Lipinski definition) is 0. The molecule has 0 aliphatic carbocycles. The second kappa shape index (κ2) is 10.4. The van der Waals surface area contributed by atoms with Crippen LogP contribution in [0.2, 0.25) is 0 Å². The van der Waals surface area contributed by atoms with E-state index in [1.54, 1.807) is 0 Å². The molecule has 0 aliphatic rings. The summed E-state index contributed by atoms with van der Waals surface area (Å²) in [5.41, 5.74) is 10.5. The maximum atomic E-state index is 6.87. The summed E-state index contributed by atoms with van der Waals surface area (Å²) in [6.07, 6.45) is 0. The Hall–Kier alpha value is -6.78. The van der Waals surface area contributed by atoms with Crippen molar-refractivity contribution in [2.75, 3.05) is 0 Å². The molecule has 0 radical (unpaired) electrons. The van der Waals surface area contributed by atoms with Crippen molar-refractivity contribution in [1.29, 1.82) is 0 Å². The average Bonchev–Trinajstić information content (AvgIpc) is 3.75. The lowest BCUT2D eigenvalue weighted by Gasteiger charge is -2.14. The minimum atomic E-state index is 0.849. The topological polar surface area (TPSA) is 43.9 Å². The molecule has 11 rings (SSSR count). The zero-order valence-corrected chi connectivity index (χ0v) is 26.8. The summed E-state index contributed by atoms with van der Waals surface area (Å²) in [6.45, 7) is 0. The van der Waals surface area contributed by atoms with E-state index in [-0.39, 0.29) is 0 Å². The van der Waals surface area contributed by atoms with Crippen LogP contribution in [0.4, 0.5) is 0 Å². The highest BCUT2D eigenvalue weighted by Gasteiger charge is 2.24. The van der Waals surface area contributed by atoms with Gasteiger partial charge >= 0.3 is 0 Å². The van der Waals surface area contributed by atoms with Gasteiger partial charge in [-0.3, -0.25) is 0 Å². The van der Waals surface area contributed by atoms with Crippen LogP contribution in [0.25, 0.3) is 105 Å². The highest BCUT2D eigenvalue weighted by Crippen LogP contribution is 2.47. The lowest BCUT2D eigenvalue weighted by Crippen LogP contribution is -1.98. The van der Waals surface area contributed by atoms with Crippen molar-refractivity contribution in [1.82, 2.24) is 14.5 Å². The number of para-hydroxylation sites is 3. The highest BCUT2D eigenvalue weighted by molar-refractivity contribution is 6.37. The van der Waals surface area contributed by atoms with E-state index in [1.165, 1.54) is 32.3 Å². The van der Waals surface area contributed by atoms with Crippen LogP contribution in [0.3, 0.4) is 0 Å². The number of hydrogen-bond acceptors (Lipinski definition) is 3. The zero-order chi connectivity index (χ0) is 32.8. The Bertz CT molecular complexity index is 3150. The van der Waals surface area contributed by atoms with Gasteiger partial charge < -0.3 is 8.98 Å². The van der Waals surface area contributed by atoms with Crippen molar-refractivity contribution >= 4 is 76.3 Å². The largest absolute Gasteiger partial charge is 0.454 e. The lowest BCUT2D eigenvalue weighted by atomic mass is 9.97. The summed E-state index contributed by atoms with van der Waals surface area (Å²) >= 11 is 0. The maximum absolute atomic E-state index is 6.87. The monoisotopic (exact) mass is 637 g/mol. The third-order valence-corrected chi connectivity index (χ3v) is 10.1. The number of benzene rings is 8. The molecule has 50 heavy (non-hydrogen) atoms. The first-order valence-corrected chi connectivity index (χ1v) is 16.9. The van der Waals surface area contributed by atoms with Gasteiger partial charge in [0.2, 0.25) is 0 Å². The van der Waals surface area contributed by atoms with Crippen molar-refractivity contribution in [2.24, 2.45) is 0 Å². The van der Waals surface area contributed by atoms with Crippen LogP contribution in [0.15, 0.2) is 168 Å². The summed E-state index contributed by atoms with van der Waals surface area (Å²) in [7, 11) is 0. The Balaban J connectivity index is 1.30. The number of fused-ring (bicyclic) bond motifs is 13. The van der Waals surface area contributed by atoms with Crippen molar-refractivity contribution in [3.63, 3.8) is 0 Å². The van der Waals surface area contributed by atoms with E-state index in [0.717, 1.165) is 72.2 Å². The summed E-state index contributed by atoms with van der Waals surface area (Å²) in [4.78, 5) is 10.4. The van der Waals surface area contributed by atoms with Crippen LogP contribution in [-0.4, -0.2) is 14.5 Å². The van der Waals surface area contributed by atoms with E-state index >= 15 is 0 Å². The fourth-order valence-corrected chi connectivity index (χ4v) is 7.99. The van der Waals surface area contributed by atoms with Crippen molar-refractivity contribution in [3.05, 3.63) is 164 Å². The molecular weight excluding hydrogens is 611 g/mol. The van der Waals surface area contributed by atoms with Crippen LogP contribution < -0.4 is 0 Å². The van der Waals surface area contributed by atoms with Gasteiger partial charge in [-0.05, 0) is 57.9 Å². The van der Waals surface area contributed by atoms with E-state index < -0.39 is 0 Å². The van der Waals surface area contributed by atoms with E-state index in [0.29, 0.717) is 0 Å². The van der Waals surface area contributed by atoms with Gasteiger partial charge in [-0.15, -0.1) is 0 Å². The first-order valence-electron chi connectivity index (χ1n) is 16.9. The van der Waals surface area contributed by atoms with E-state index in [2.05, 4.69) is 132 Å². The highest BCUT2D eigenvalue weighted by atomic mass is 16.3. The summed E-state index contributed by atoms with van der Waals surface area (Å²) in [6, 6.07) is 57.5. The molecule has 0 fully saturated rings. The summed E-state index contributed by atoms with van der Waals surface area (Å²) in [5.74, 6) is 0. The van der Waals surface area contributed by atoms with Gasteiger partial charge in [-0.1, -0.05) is 127 Å². The first kappa shape index (κ1) is 27.2. The molecule has 0 unspecified atom stereocenters. The number of aromatic nitrogens is 3. The molecule has 0 atom stereocenters. The van der Waals surface area contributed by atoms with Crippen molar-refractivity contribution in [2.45, 2.75) is 0 Å². The van der Waals surface area contributed by atoms with E-state index in [1.807, 2.05) is 36.4 Å². The molecule has 0 spiro atoms. The van der Waals surface area contributed by atoms with Crippen LogP contribution in [0.1, 0.15) is 0 Å². The SMILES string of the molecule is c1ccc(-c2nc3ccccc3nc2-c2cccc(-n3c4ccc5ccccc5c4c4c5ccccc5c5c6ccccc6oc5c43)c2)cc1. The van der Waals surface area contributed by atoms with Crippen LogP contribution in [0.5, 0.6) is 0 Å². The molecule has 232 valence electrons. The molecule has 8 aromatic carbocycles. The van der Waals surface area contributed by atoms with Crippen LogP contribution in [0, 0.1) is 0 Å². The van der Waals surface area contributed by atoms with Crippen molar-refractivity contribution < 1.29 is 4.42 Å². The first-order chi connectivity index (χ1) is 24.8. The summed E-state index contributed by atoms with van der Waals surface area (Å²) in [5, 5.41) is 9.51. The normalized spacial score (nSPS) is 12.0. The Kier molecular flexibility index (Phi) is 5.63. The molecule has 0 amide bonds. The van der Waals surface area contributed by atoms with E-state index in [4.69, 9.17) is 14.4 Å². The molecular formula is C46H27N3O. The summed E-state index contributed by atoms with van der Waals surface area (Å²) < 4.78 is 9.27. The molecule has 11 aromatic rings. The standard InChI is InChI=1S/C46H27N3O/c1-2-14-29(15-3-1)43-44(48-37-23-10-9-22-36(37)47-43)30-16-12-17-31(27-30)49-38-26-25-28-13-4-5-18-32(28)41(38)42-34-20-7-6-19-33(34)40-35-21-8-11-24-39(35)50-46(40)45(42)49/h1-27H. The molecule has 0 N–H and O–H groups in total. The quantitative estimate of drug-likeness (QED) is 0.194. The van der Waals surface area contributed by atoms with Crippen LogP contribution in [-0.2, 0) is 0 Å². The molecule has 3 aromatic heterocycles. The fraction of sp³-hybridized carbons (Fsp3) is 0. The Morgan fingerprint density at radius 2 is 1.06 bits per heavy atom. The van der Waals surface area contributed by atoms with Gasteiger partial charge in [-0.25, -0.2) is 9.97 Å². The van der Waals surface area contributed by atoms with Crippen LogP contribution >= 0.6 is 0 Å². The van der Waals surface area contributed by atoms with Crippen molar-refractivity contribution in [3.8, 4) is 28.2 Å². The molecule has 0 aliphatic heterocycles. The van der Waals surface area contributed by atoms with Gasteiger partial charge in [0.25, 0.3) is 0 Å². The smallest absolute Gasteiger partial charge is 0.160 e. The van der Waals surface area contributed by atoms with Gasteiger partial charge in [0.05, 0.1) is 33.5 Å². The Morgan fingerprint density at radius 1 is 0.440 bits per heavy atom. The van der Waals surface area contributed by atoms with E-state index in [9.17, 15) is 0 Å². The number of furan rings is 1. The molecule has 0 bridgehead atoms. The minimum absolute atomic E-state index is 0.849. The molecule has 0 saturated carbocycles. The van der Waals surface area contributed by atoms with Gasteiger partial charge in [0.15, 0.2) is 5.58 Å². The third kappa shape index (κ3) is 3.81. The Morgan fingerprint density at radius 3 is 1.86 bits per heavy atom. The van der Waals surface area contributed by atoms with Gasteiger partial charge in [-0.2, -0.15) is 0 Å². The lowest BCUT2D eigenvalue weighted by molar-refractivity contribution is 0.671. The molecule has 3 heterocycles. The molecule has 0 saturated heterocycles. The predicted octanol–water partition coefficient (Wildman–Crippen LogP) is 12.3. The molecule has 4 nitrogen and oxygen atoms in total. The fourth-order valence-electron chi connectivity index (χ4n) is 7.99. The molecule has 4 heteroatoms. The minimum Gasteiger partial charge on any atom is -0.454 e. The Labute approximate surface area is 286 Å². The average molecular weight is 638 g/mol. The van der Waals surface area contributed by atoms with Gasteiger partial charge in [0, 0.05) is 38.4 Å².